The van der Waals surface area contributed by atoms with Gasteiger partial charge < -0.3 is 4.98 Å². The van der Waals surface area contributed by atoms with Crippen LogP contribution in [0.4, 0.5) is 0 Å². The van der Waals surface area contributed by atoms with Crippen molar-refractivity contribution in [3.05, 3.63) is 36.0 Å². The molecular formula is C10H11NO3S2. The lowest BCUT2D eigenvalue weighted by Crippen LogP contribution is -1.94. The minimum Gasteiger partial charge on any atom is -0.361 e. The van der Waals surface area contributed by atoms with Gasteiger partial charge >= 0.3 is 9.15 Å². The van der Waals surface area contributed by atoms with Gasteiger partial charge in [-0.25, -0.2) is 0 Å². The lowest BCUT2D eigenvalue weighted by Gasteiger charge is -1.97. The highest BCUT2D eigenvalue weighted by Gasteiger charge is 2.07. The predicted octanol–water partition coefficient (Wildman–Crippen LogP) is 2.25. The Kier molecular flexibility index (Phi) is 3.22. The average molecular weight is 257 g/mol. The molecule has 0 spiro atoms. The Morgan fingerprint density at radius 3 is 2.81 bits per heavy atom. The van der Waals surface area contributed by atoms with Crippen molar-refractivity contribution in [1.29, 1.82) is 0 Å². The second-order valence-electron chi connectivity index (χ2n) is 3.36. The summed E-state index contributed by atoms with van der Waals surface area (Å²) in [6.07, 6.45) is 2.48. The summed E-state index contributed by atoms with van der Waals surface area (Å²) in [5.41, 5.74) is 2.10. The molecular weight excluding hydrogens is 246 g/mol. The van der Waals surface area contributed by atoms with Gasteiger partial charge in [0.1, 0.15) is 0 Å². The van der Waals surface area contributed by atoms with Gasteiger partial charge in [0.05, 0.1) is 0 Å². The van der Waals surface area contributed by atoms with Gasteiger partial charge in [-0.2, -0.15) is 8.42 Å². The number of nitrogens with one attached hydrogen (secondary N) is 1. The van der Waals surface area contributed by atoms with Crippen molar-refractivity contribution in [3.63, 3.8) is 0 Å². The molecule has 0 atom stereocenters. The van der Waals surface area contributed by atoms with Crippen LogP contribution in [-0.2, 0) is 15.6 Å². The molecule has 2 aromatic rings. The van der Waals surface area contributed by atoms with Gasteiger partial charge in [0.25, 0.3) is 0 Å². The summed E-state index contributed by atoms with van der Waals surface area (Å²) in [6, 6.07) is 7.83. The molecule has 0 aliphatic carbocycles. The zero-order valence-electron chi connectivity index (χ0n) is 8.38. The molecule has 0 amide bonds. The number of hydrogen-bond donors (Lipinski definition) is 2. The third kappa shape index (κ3) is 2.78. The van der Waals surface area contributed by atoms with E-state index < -0.39 is 9.15 Å². The van der Waals surface area contributed by atoms with Crippen LogP contribution in [0.1, 0.15) is 5.56 Å². The fourth-order valence-electron chi connectivity index (χ4n) is 1.60. The quantitative estimate of drug-likeness (QED) is 0.651. The molecule has 0 aliphatic heterocycles. The summed E-state index contributed by atoms with van der Waals surface area (Å²) in [6.45, 7) is 0. The van der Waals surface area contributed by atoms with Crippen molar-refractivity contribution in [1.82, 2.24) is 4.98 Å². The molecule has 1 aromatic carbocycles. The van der Waals surface area contributed by atoms with Crippen LogP contribution in [-0.4, -0.2) is 23.7 Å². The van der Waals surface area contributed by atoms with Crippen LogP contribution in [0.15, 0.2) is 30.5 Å². The minimum atomic E-state index is -3.92. The topological polar surface area (TPSA) is 70.2 Å². The molecule has 86 valence electrons. The Morgan fingerprint density at radius 1 is 1.31 bits per heavy atom. The number of aryl methyl sites for hydroxylation is 1. The van der Waals surface area contributed by atoms with Gasteiger partial charge in [0.2, 0.25) is 0 Å². The molecule has 0 aliphatic rings. The zero-order valence-corrected chi connectivity index (χ0v) is 10.0. The van der Waals surface area contributed by atoms with E-state index in [4.69, 9.17) is 4.55 Å². The second kappa shape index (κ2) is 4.48. The third-order valence-corrected chi connectivity index (χ3v) is 4.34. The summed E-state index contributed by atoms with van der Waals surface area (Å²) in [4.78, 5) is 3.11. The maximum Gasteiger partial charge on any atom is 0.319 e. The first-order chi connectivity index (χ1) is 7.56. The maximum absolute atomic E-state index is 10.5. The van der Waals surface area contributed by atoms with Crippen molar-refractivity contribution in [3.8, 4) is 0 Å². The van der Waals surface area contributed by atoms with E-state index in [1.54, 1.807) is 0 Å². The van der Waals surface area contributed by atoms with Crippen LogP contribution < -0.4 is 0 Å². The Hall–Kier alpha value is -0.980. The van der Waals surface area contributed by atoms with Gasteiger partial charge in [-0.1, -0.05) is 18.2 Å². The smallest absolute Gasteiger partial charge is 0.319 e. The number of aromatic amines is 1. The van der Waals surface area contributed by atoms with E-state index >= 15 is 0 Å². The standard InChI is InChI=1S/C10H11NO3S2/c12-16(13,14)15-6-5-8-7-11-10-4-2-1-3-9(8)10/h1-4,7,11H,5-6H2,(H,12,13,14). The molecule has 0 fully saturated rings. The van der Waals surface area contributed by atoms with E-state index in [1.807, 2.05) is 30.5 Å². The number of aromatic nitrogens is 1. The highest BCUT2D eigenvalue weighted by Crippen LogP contribution is 2.20. The fraction of sp³-hybridized carbons (Fsp3) is 0.200. The van der Waals surface area contributed by atoms with Crippen molar-refractivity contribution in [2.45, 2.75) is 6.42 Å². The van der Waals surface area contributed by atoms with Crippen molar-refractivity contribution in [2.75, 3.05) is 5.75 Å². The molecule has 2 N–H and O–H groups in total. The maximum atomic E-state index is 10.5. The van der Waals surface area contributed by atoms with E-state index in [0.29, 0.717) is 23.0 Å². The van der Waals surface area contributed by atoms with E-state index in [2.05, 4.69) is 4.98 Å². The lowest BCUT2D eigenvalue weighted by molar-refractivity contribution is 0.503. The van der Waals surface area contributed by atoms with Crippen LogP contribution in [0.3, 0.4) is 0 Å². The van der Waals surface area contributed by atoms with E-state index in [0.717, 1.165) is 16.5 Å². The summed E-state index contributed by atoms with van der Waals surface area (Å²) in [5.74, 6) is 0.348. The van der Waals surface area contributed by atoms with Gasteiger partial charge in [-0.05, 0) is 28.8 Å². The number of benzene rings is 1. The van der Waals surface area contributed by atoms with Crippen molar-refractivity contribution < 1.29 is 13.0 Å². The molecule has 0 saturated heterocycles. The van der Waals surface area contributed by atoms with Crippen molar-refractivity contribution in [2.24, 2.45) is 0 Å². The Balaban J connectivity index is 2.10. The summed E-state index contributed by atoms with van der Waals surface area (Å²) >= 11 is 0. The van der Waals surface area contributed by atoms with E-state index in [1.165, 1.54) is 0 Å². The number of para-hydroxylation sites is 1. The Bertz CT molecular complexity index is 589. The predicted molar refractivity (Wildman–Crippen MR) is 66.0 cm³/mol. The molecule has 4 nitrogen and oxygen atoms in total. The van der Waals surface area contributed by atoms with Crippen LogP contribution in [0, 0.1) is 0 Å². The molecule has 0 unspecified atom stereocenters. The molecule has 0 bridgehead atoms. The highest BCUT2D eigenvalue weighted by atomic mass is 33.1. The normalized spacial score (nSPS) is 12.1. The molecule has 1 aromatic heterocycles. The Morgan fingerprint density at radius 2 is 2.06 bits per heavy atom. The minimum absolute atomic E-state index is 0.348. The number of hydrogen-bond acceptors (Lipinski definition) is 3. The van der Waals surface area contributed by atoms with Crippen LogP contribution >= 0.6 is 10.8 Å². The molecule has 16 heavy (non-hydrogen) atoms. The molecule has 0 saturated carbocycles. The molecule has 1 heterocycles. The monoisotopic (exact) mass is 257 g/mol. The van der Waals surface area contributed by atoms with Crippen molar-refractivity contribution >= 4 is 30.8 Å². The van der Waals surface area contributed by atoms with Gasteiger partial charge in [0.15, 0.2) is 0 Å². The summed E-state index contributed by atoms with van der Waals surface area (Å²) in [7, 11) is -3.37. The average Bonchev–Trinajstić information content (AvgIpc) is 2.60. The zero-order chi connectivity index (χ0) is 11.6. The van der Waals surface area contributed by atoms with E-state index in [9.17, 15) is 8.42 Å². The number of H-pyrrole nitrogens is 1. The molecule has 6 heteroatoms. The van der Waals surface area contributed by atoms with Crippen LogP contribution in [0.5, 0.6) is 0 Å². The Labute approximate surface area is 97.2 Å². The number of rotatable bonds is 4. The highest BCUT2D eigenvalue weighted by molar-refractivity contribution is 8.69. The largest absolute Gasteiger partial charge is 0.361 e. The lowest BCUT2D eigenvalue weighted by atomic mass is 10.1. The summed E-state index contributed by atoms with van der Waals surface area (Å²) in [5, 5.41) is 1.10. The van der Waals surface area contributed by atoms with Gasteiger partial charge in [-0.3, -0.25) is 4.55 Å². The van der Waals surface area contributed by atoms with Gasteiger partial charge in [-0.15, -0.1) is 0 Å². The van der Waals surface area contributed by atoms with E-state index in [-0.39, 0.29) is 0 Å². The third-order valence-electron chi connectivity index (χ3n) is 2.28. The summed E-state index contributed by atoms with van der Waals surface area (Å²) < 4.78 is 29.7. The fourth-order valence-corrected chi connectivity index (χ4v) is 2.99. The van der Waals surface area contributed by atoms with Crippen LogP contribution in [0.25, 0.3) is 10.9 Å². The first-order valence-electron chi connectivity index (χ1n) is 4.73. The van der Waals surface area contributed by atoms with Crippen LogP contribution in [0.2, 0.25) is 0 Å². The first-order valence-corrected chi connectivity index (χ1v) is 7.67. The number of fused-ring (bicyclic) bond motifs is 1. The molecule has 2 rings (SSSR count). The molecule has 0 radical (unpaired) electrons. The SMILES string of the molecule is O=S(=O)(O)SCCc1c[nH]c2ccccc12. The second-order valence-corrected chi connectivity index (χ2v) is 6.83. The first kappa shape index (κ1) is 11.5. The van der Waals surface area contributed by atoms with Gasteiger partial charge in [0, 0.05) is 22.9 Å².